The van der Waals surface area contributed by atoms with Crippen molar-refractivity contribution in [2.45, 2.75) is 26.4 Å². The van der Waals surface area contributed by atoms with E-state index in [0.29, 0.717) is 5.56 Å². The third-order valence-corrected chi connectivity index (χ3v) is 2.62. The zero-order valence-corrected chi connectivity index (χ0v) is 12.0. The molecule has 0 aliphatic carbocycles. The standard InChI is InChI=1S/C13H16BrNO3/c1-9(2)18-12(16)7-8-15-13(17)10-3-5-11(14)6-4-10/h3-6,9H,7-8H2,1-2H3,(H,15,17). The van der Waals surface area contributed by atoms with E-state index < -0.39 is 0 Å². The quantitative estimate of drug-likeness (QED) is 0.850. The van der Waals surface area contributed by atoms with Crippen LogP contribution >= 0.6 is 15.9 Å². The molecule has 0 radical (unpaired) electrons. The number of carbonyl (C=O) groups is 2. The molecule has 0 aliphatic heterocycles. The van der Waals surface area contributed by atoms with E-state index in [9.17, 15) is 9.59 Å². The molecule has 1 aromatic carbocycles. The highest BCUT2D eigenvalue weighted by Gasteiger charge is 2.08. The van der Waals surface area contributed by atoms with E-state index in [-0.39, 0.29) is 30.9 Å². The molecule has 0 bridgehead atoms. The first-order valence-electron chi connectivity index (χ1n) is 5.72. The summed E-state index contributed by atoms with van der Waals surface area (Å²) in [5.41, 5.74) is 0.565. The van der Waals surface area contributed by atoms with Crippen LogP contribution in [0.4, 0.5) is 0 Å². The summed E-state index contributed by atoms with van der Waals surface area (Å²) in [6.45, 7) is 3.86. The summed E-state index contributed by atoms with van der Waals surface area (Å²) in [5.74, 6) is -0.499. The summed E-state index contributed by atoms with van der Waals surface area (Å²) in [6, 6.07) is 7.02. The fourth-order valence-electron chi connectivity index (χ4n) is 1.30. The van der Waals surface area contributed by atoms with Crippen LogP contribution in [0.5, 0.6) is 0 Å². The van der Waals surface area contributed by atoms with Gasteiger partial charge in [-0.3, -0.25) is 9.59 Å². The second-order valence-electron chi connectivity index (χ2n) is 4.05. The number of amides is 1. The molecule has 18 heavy (non-hydrogen) atoms. The van der Waals surface area contributed by atoms with Crippen molar-refractivity contribution in [3.8, 4) is 0 Å². The predicted molar refractivity (Wildman–Crippen MR) is 72.3 cm³/mol. The number of benzene rings is 1. The van der Waals surface area contributed by atoms with Crippen LogP contribution in [0, 0.1) is 0 Å². The van der Waals surface area contributed by atoms with Gasteiger partial charge in [0.15, 0.2) is 0 Å². The number of halogens is 1. The van der Waals surface area contributed by atoms with Crippen molar-refractivity contribution in [1.29, 1.82) is 0 Å². The lowest BCUT2D eigenvalue weighted by Gasteiger charge is -2.08. The Morgan fingerprint density at radius 1 is 1.28 bits per heavy atom. The smallest absolute Gasteiger partial charge is 0.307 e. The molecule has 1 aromatic rings. The number of ether oxygens (including phenoxy) is 1. The van der Waals surface area contributed by atoms with Gasteiger partial charge in [-0.2, -0.15) is 0 Å². The van der Waals surface area contributed by atoms with E-state index in [0.717, 1.165) is 4.47 Å². The van der Waals surface area contributed by atoms with Crippen molar-refractivity contribution < 1.29 is 14.3 Å². The maximum atomic E-state index is 11.7. The summed E-state index contributed by atoms with van der Waals surface area (Å²) >= 11 is 3.30. The number of esters is 1. The Labute approximate surface area is 115 Å². The second kappa shape index (κ2) is 7.16. The van der Waals surface area contributed by atoms with Gasteiger partial charge in [-0.15, -0.1) is 0 Å². The SMILES string of the molecule is CC(C)OC(=O)CCNC(=O)c1ccc(Br)cc1. The van der Waals surface area contributed by atoms with Crippen molar-refractivity contribution in [2.24, 2.45) is 0 Å². The Hall–Kier alpha value is -1.36. The van der Waals surface area contributed by atoms with E-state index in [1.54, 1.807) is 38.1 Å². The van der Waals surface area contributed by atoms with Gasteiger partial charge in [-0.25, -0.2) is 0 Å². The van der Waals surface area contributed by atoms with Crippen molar-refractivity contribution in [1.82, 2.24) is 5.32 Å². The summed E-state index contributed by atoms with van der Waals surface area (Å²) in [4.78, 5) is 22.9. The largest absolute Gasteiger partial charge is 0.463 e. The van der Waals surface area contributed by atoms with Crippen LogP contribution in [0.1, 0.15) is 30.6 Å². The first-order valence-corrected chi connectivity index (χ1v) is 6.51. The van der Waals surface area contributed by atoms with Gasteiger partial charge >= 0.3 is 5.97 Å². The molecular weight excluding hydrogens is 298 g/mol. The van der Waals surface area contributed by atoms with Crippen molar-refractivity contribution >= 4 is 27.8 Å². The molecule has 5 heteroatoms. The van der Waals surface area contributed by atoms with Gasteiger partial charge in [0.25, 0.3) is 5.91 Å². The lowest BCUT2D eigenvalue weighted by Crippen LogP contribution is -2.27. The number of hydrogen-bond donors (Lipinski definition) is 1. The average molecular weight is 314 g/mol. The van der Waals surface area contributed by atoms with Gasteiger partial charge in [-0.1, -0.05) is 15.9 Å². The molecule has 1 amide bonds. The van der Waals surface area contributed by atoms with Gasteiger partial charge in [0.2, 0.25) is 0 Å². The molecule has 0 aromatic heterocycles. The van der Waals surface area contributed by atoms with Crippen LogP contribution in [-0.4, -0.2) is 24.5 Å². The van der Waals surface area contributed by atoms with Gasteiger partial charge in [0, 0.05) is 16.6 Å². The maximum absolute atomic E-state index is 11.7. The fourth-order valence-corrected chi connectivity index (χ4v) is 1.57. The van der Waals surface area contributed by atoms with E-state index in [1.807, 2.05) is 0 Å². The Morgan fingerprint density at radius 3 is 2.44 bits per heavy atom. The number of hydrogen-bond acceptors (Lipinski definition) is 3. The first kappa shape index (κ1) is 14.7. The van der Waals surface area contributed by atoms with Crippen molar-refractivity contribution in [2.75, 3.05) is 6.54 Å². The highest BCUT2D eigenvalue weighted by atomic mass is 79.9. The fraction of sp³-hybridized carbons (Fsp3) is 0.385. The molecule has 0 unspecified atom stereocenters. The highest BCUT2D eigenvalue weighted by Crippen LogP contribution is 2.10. The summed E-state index contributed by atoms with van der Waals surface area (Å²) in [5, 5.41) is 2.67. The minimum Gasteiger partial charge on any atom is -0.463 e. The third kappa shape index (κ3) is 5.31. The highest BCUT2D eigenvalue weighted by molar-refractivity contribution is 9.10. The second-order valence-corrected chi connectivity index (χ2v) is 4.97. The van der Waals surface area contributed by atoms with E-state index in [4.69, 9.17) is 4.74 Å². The van der Waals surface area contributed by atoms with Gasteiger partial charge in [0.1, 0.15) is 0 Å². The molecule has 0 atom stereocenters. The summed E-state index contributed by atoms with van der Waals surface area (Å²) in [6.07, 6.45) is 0.0557. The van der Waals surface area contributed by atoms with Crippen molar-refractivity contribution in [3.05, 3.63) is 34.3 Å². The molecule has 1 N–H and O–H groups in total. The number of carbonyl (C=O) groups excluding carboxylic acids is 2. The number of rotatable bonds is 5. The topological polar surface area (TPSA) is 55.4 Å². The van der Waals surface area contributed by atoms with Crippen LogP contribution < -0.4 is 5.32 Å². The number of nitrogens with one attached hydrogen (secondary N) is 1. The molecule has 0 saturated carbocycles. The Kier molecular flexibility index (Phi) is 5.85. The molecular formula is C13H16BrNO3. The zero-order valence-electron chi connectivity index (χ0n) is 10.4. The lowest BCUT2D eigenvalue weighted by atomic mass is 10.2. The van der Waals surface area contributed by atoms with Gasteiger partial charge in [-0.05, 0) is 38.1 Å². The molecule has 98 valence electrons. The van der Waals surface area contributed by atoms with Crippen LogP contribution in [-0.2, 0) is 9.53 Å². The van der Waals surface area contributed by atoms with Crippen LogP contribution in [0.2, 0.25) is 0 Å². The Balaban J connectivity index is 2.33. The van der Waals surface area contributed by atoms with Gasteiger partial charge < -0.3 is 10.1 Å². The molecule has 1 rings (SSSR count). The van der Waals surface area contributed by atoms with E-state index in [2.05, 4.69) is 21.2 Å². The Morgan fingerprint density at radius 2 is 1.89 bits per heavy atom. The third-order valence-electron chi connectivity index (χ3n) is 2.09. The average Bonchev–Trinajstić information content (AvgIpc) is 2.28. The normalized spacial score (nSPS) is 10.2. The molecule has 4 nitrogen and oxygen atoms in total. The predicted octanol–water partition coefficient (Wildman–Crippen LogP) is 2.52. The minimum atomic E-state index is -0.305. The van der Waals surface area contributed by atoms with E-state index >= 15 is 0 Å². The molecule has 0 saturated heterocycles. The molecule has 0 spiro atoms. The van der Waals surface area contributed by atoms with Gasteiger partial charge in [0.05, 0.1) is 12.5 Å². The van der Waals surface area contributed by atoms with Crippen molar-refractivity contribution in [3.63, 3.8) is 0 Å². The zero-order chi connectivity index (χ0) is 13.5. The lowest BCUT2D eigenvalue weighted by molar-refractivity contribution is -0.147. The summed E-state index contributed by atoms with van der Waals surface area (Å²) in [7, 11) is 0. The molecule has 0 heterocycles. The maximum Gasteiger partial charge on any atom is 0.307 e. The first-order chi connectivity index (χ1) is 8.49. The monoisotopic (exact) mass is 313 g/mol. The van der Waals surface area contributed by atoms with Crippen LogP contribution in [0.25, 0.3) is 0 Å². The summed E-state index contributed by atoms with van der Waals surface area (Å²) < 4.78 is 5.87. The molecule has 0 aliphatic rings. The van der Waals surface area contributed by atoms with Crippen LogP contribution in [0.15, 0.2) is 28.7 Å². The molecule has 0 fully saturated rings. The minimum absolute atomic E-state index is 0.125. The Bertz CT molecular complexity index is 415. The van der Waals surface area contributed by atoms with Crippen LogP contribution in [0.3, 0.4) is 0 Å². The van der Waals surface area contributed by atoms with E-state index in [1.165, 1.54) is 0 Å².